The summed E-state index contributed by atoms with van der Waals surface area (Å²) in [6.45, 7) is 13.4. The van der Waals surface area contributed by atoms with Crippen molar-refractivity contribution in [1.29, 1.82) is 0 Å². The minimum absolute atomic E-state index is 0.0163. The van der Waals surface area contributed by atoms with E-state index in [1.54, 1.807) is 19.1 Å². The molecule has 2 amide bonds. The first-order valence-electron chi connectivity index (χ1n) is 19.5. The normalized spacial score (nSPS) is 15.7. The van der Waals surface area contributed by atoms with E-state index in [-0.39, 0.29) is 35.4 Å². The Balaban J connectivity index is 1.88. The van der Waals surface area contributed by atoms with Gasteiger partial charge in [0.05, 0.1) is 49.0 Å². The minimum atomic E-state index is -1.82. The number of nitrogens with zero attached hydrogens (tertiary/aromatic N) is 2. The number of nitrogens with one attached hydrogen (secondary N) is 4. The van der Waals surface area contributed by atoms with Gasteiger partial charge < -0.3 is 45.8 Å². The third kappa shape index (κ3) is 9.53. The number of hydrogen-bond acceptors (Lipinski definition) is 10. The molecule has 5 heterocycles. The maximum atomic E-state index is 13.9. The van der Waals surface area contributed by atoms with E-state index in [1.807, 2.05) is 39.8 Å². The number of carboxylic acid groups (broad SMARTS) is 4. The molecule has 0 unspecified atom stereocenters. The summed E-state index contributed by atoms with van der Waals surface area (Å²) >= 11 is 0. The summed E-state index contributed by atoms with van der Waals surface area (Å²) in [5.74, 6) is -9.81. The molecule has 0 fully saturated rings. The molecule has 0 spiro atoms. The number of aromatic amines is 2. The van der Waals surface area contributed by atoms with Crippen LogP contribution in [0.3, 0.4) is 0 Å². The average Bonchev–Trinajstić information content (AvgIpc) is 3.87. The molecule has 3 aromatic rings. The average molecular weight is 841 g/mol. The van der Waals surface area contributed by atoms with Gasteiger partial charge >= 0.3 is 29.8 Å². The van der Waals surface area contributed by atoms with Gasteiger partial charge in [0.2, 0.25) is 11.8 Å². The molecule has 0 aromatic carbocycles. The first-order valence-corrected chi connectivity index (χ1v) is 19.5. The van der Waals surface area contributed by atoms with Crippen LogP contribution < -0.4 is 10.6 Å². The van der Waals surface area contributed by atoms with Gasteiger partial charge in [0, 0.05) is 57.1 Å². The smallest absolute Gasteiger partial charge is 0.340 e. The van der Waals surface area contributed by atoms with Crippen LogP contribution in [0.4, 0.5) is 0 Å². The molecule has 322 valence electrons. The Bertz CT molecular complexity index is 2570. The summed E-state index contributed by atoms with van der Waals surface area (Å²) in [4.78, 5) is 105. The highest BCUT2D eigenvalue weighted by Crippen LogP contribution is 2.44. The molecule has 4 atom stereocenters. The quantitative estimate of drug-likeness (QED) is 0.0920. The summed E-state index contributed by atoms with van der Waals surface area (Å²) in [6.07, 6.45) is -0.448. The van der Waals surface area contributed by atoms with Gasteiger partial charge in [0.25, 0.3) is 0 Å². The molecule has 8 bridgehead atoms. The van der Waals surface area contributed by atoms with E-state index in [0.29, 0.717) is 34.4 Å². The molecule has 18 nitrogen and oxygen atoms in total. The number of aromatic nitrogens is 4. The lowest BCUT2D eigenvalue weighted by atomic mass is 9.84. The van der Waals surface area contributed by atoms with Crippen LogP contribution in [0.5, 0.6) is 0 Å². The summed E-state index contributed by atoms with van der Waals surface area (Å²) in [7, 11) is 1.18. The first kappa shape index (κ1) is 45.0. The van der Waals surface area contributed by atoms with Crippen LogP contribution in [0.15, 0.2) is 24.8 Å². The van der Waals surface area contributed by atoms with Gasteiger partial charge in [-0.3, -0.25) is 24.2 Å². The van der Waals surface area contributed by atoms with Crippen LogP contribution in [0, 0.1) is 13.8 Å². The van der Waals surface area contributed by atoms with Crippen LogP contribution in [0.1, 0.15) is 109 Å². The monoisotopic (exact) mass is 840 g/mol. The molecule has 2 aliphatic rings. The molecular formula is C43H48N6O12. The third-order valence-corrected chi connectivity index (χ3v) is 11.2. The Labute approximate surface area is 349 Å². The van der Waals surface area contributed by atoms with E-state index in [1.165, 1.54) is 7.11 Å². The largest absolute Gasteiger partial charge is 0.481 e. The number of carbonyl (C=O) groups excluding carboxylic acids is 3. The number of carboxylic acids is 4. The van der Waals surface area contributed by atoms with E-state index >= 15 is 0 Å². The van der Waals surface area contributed by atoms with Gasteiger partial charge in [-0.05, 0) is 74.1 Å². The van der Waals surface area contributed by atoms with Crippen molar-refractivity contribution in [2.75, 3.05) is 7.11 Å². The lowest BCUT2D eigenvalue weighted by Crippen LogP contribution is -2.43. The summed E-state index contributed by atoms with van der Waals surface area (Å²) in [5.41, 5.74) is 7.92. The predicted molar refractivity (Wildman–Crippen MR) is 222 cm³/mol. The van der Waals surface area contributed by atoms with Crippen molar-refractivity contribution in [3.63, 3.8) is 0 Å². The Morgan fingerprint density at radius 3 is 1.97 bits per heavy atom. The van der Waals surface area contributed by atoms with Gasteiger partial charge in [-0.1, -0.05) is 26.5 Å². The maximum Gasteiger partial charge on any atom is 0.340 e. The standard InChI is InChI=1S/C43H48N6O12/c1-8-22-18(3)26-13-28-20(5)24(10-11-34(50)46-32(41(56)57)16-36(52)53)39(48-28)25(12-35(51)47-33(42(58)59)17-37(54)55)40-38(43(60)61-7)21(6)29(49-40)15-31-23(9-2)19(4)27(45-31)14-30(22)44-26/h8,13-15,20,24,32-33,44-45H,1,9-12,16-17H2,2-7H3,(H,46,50)(H,47,51)(H,52,53)(H,54,55)(H,56,57)(H,58,59)/t20-,24-,32-,33-/m0/s1. The summed E-state index contributed by atoms with van der Waals surface area (Å²) in [5, 5.41) is 42.5. The van der Waals surface area contributed by atoms with Crippen molar-refractivity contribution < 1.29 is 58.7 Å². The molecular weight excluding hydrogens is 793 g/mol. The van der Waals surface area contributed by atoms with Crippen molar-refractivity contribution in [2.45, 2.75) is 97.1 Å². The lowest BCUT2D eigenvalue weighted by Gasteiger charge is -2.20. The number of carbonyl (C=O) groups is 7. The van der Waals surface area contributed by atoms with Crippen molar-refractivity contribution in [3.8, 4) is 0 Å². The van der Waals surface area contributed by atoms with Gasteiger partial charge in [-0.2, -0.15) is 0 Å². The Hall–Kier alpha value is -7.11. The molecule has 3 aromatic heterocycles. The molecule has 61 heavy (non-hydrogen) atoms. The van der Waals surface area contributed by atoms with Gasteiger partial charge in [0.1, 0.15) is 12.1 Å². The number of aryl methyl sites for hydroxylation is 3. The second-order valence-electron chi connectivity index (χ2n) is 15.0. The highest BCUT2D eigenvalue weighted by Gasteiger charge is 2.37. The second kappa shape index (κ2) is 18.4. The fraction of sp³-hybridized carbons (Fsp3) is 0.372. The number of ether oxygens (including phenoxy) is 1. The summed E-state index contributed by atoms with van der Waals surface area (Å²) < 4.78 is 5.22. The molecule has 8 N–H and O–H groups in total. The van der Waals surface area contributed by atoms with Gasteiger partial charge in [-0.25, -0.2) is 19.4 Å². The number of H-pyrrole nitrogens is 2. The number of rotatable bonds is 16. The van der Waals surface area contributed by atoms with Crippen molar-refractivity contribution in [3.05, 3.63) is 75.4 Å². The van der Waals surface area contributed by atoms with Crippen molar-refractivity contribution in [1.82, 2.24) is 30.6 Å². The van der Waals surface area contributed by atoms with Crippen LogP contribution in [0.25, 0.3) is 39.3 Å². The van der Waals surface area contributed by atoms with E-state index in [4.69, 9.17) is 14.7 Å². The first-order chi connectivity index (χ1) is 28.8. The number of methoxy groups -OCH3 is 1. The lowest BCUT2D eigenvalue weighted by molar-refractivity contribution is -0.147. The number of aliphatic carboxylic acids is 4. The number of allylic oxidation sites excluding steroid dienone is 1. The number of esters is 1. The third-order valence-electron chi connectivity index (χ3n) is 11.2. The molecule has 18 heteroatoms. The number of fused-ring (bicyclic) bond motifs is 8. The fourth-order valence-corrected chi connectivity index (χ4v) is 7.89. The Morgan fingerprint density at radius 2 is 1.41 bits per heavy atom. The molecule has 0 saturated carbocycles. The zero-order valence-corrected chi connectivity index (χ0v) is 34.5. The number of amides is 2. The summed E-state index contributed by atoms with van der Waals surface area (Å²) in [6, 6.07) is 2.03. The topological polar surface area (TPSA) is 291 Å². The van der Waals surface area contributed by atoms with Crippen LogP contribution >= 0.6 is 0 Å². The molecule has 0 radical (unpaired) electrons. The number of hydrogen-bond donors (Lipinski definition) is 8. The zero-order chi connectivity index (χ0) is 45.0. The Morgan fingerprint density at radius 1 is 0.820 bits per heavy atom. The minimum Gasteiger partial charge on any atom is -0.481 e. The van der Waals surface area contributed by atoms with E-state index < -0.39 is 84.8 Å². The van der Waals surface area contributed by atoms with Crippen molar-refractivity contribution in [2.24, 2.45) is 0 Å². The highest BCUT2D eigenvalue weighted by molar-refractivity contribution is 6.25. The SMILES string of the molecule is C=Cc1c(C)c2cc3nc(c(CC(=O)N[C@@H](CC(=O)O)C(=O)O)c4nc(cc5[nH]c(cc1[nH]2)c(C)c5CC)C(C)=C4C(=O)OC)[C@@H](CCC(=O)N[C@@H](CC(=O)O)C(=O)O)[C@@H]3C. The predicted octanol–water partition coefficient (Wildman–Crippen LogP) is 4.54. The van der Waals surface area contributed by atoms with Crippen molar-refractivity contribution >= 4 is 80.9 Å². The van der Waals surface area contributed by atoms with E-state index in [2.05, 4.69) is 27.2 Å². The Kier molecular flexibility index (Phi) is 13.6. The molecule has 5 rings (SSSR count). The van der Waals surface area contributed by atoms with E-state index in [9.17, 15) is 54.0 Å². The molecule has 0 saturated heterocycles. The zero-order valence-electron chi connectivity index (χ0n) is 34.5. The highest BCUT2D eigenvalue weighted by atomic mass is 16.5. The molecule has 2 aliphatic heterocycles. The van der Waals surface area contributed by atoms with Crippen LogP contribution in [-0.4, -0.2) is 101 Å². The van der Waals surface area contributed by atoms with Crippen LogP contribution in [0.2, 0.25) is 0 Å². The maximum absolute atomic E-state index is 13.9. The van der Waals surface area contributed by atoms with Gasteiger partial charge in [0.15, 0.2) is 0 Å². The fourth-order valence-electron chi connectivity index (χ4n) is 7.89. The molecule has 0 aliphatic carbocycles. The van der Waals surface area contributed by atoms with Gasteiger partial charge in [-0.15, -0.1) is 0 Å². The van der Waals surface area contributed by atoms with E-state index in [0.717, 1.165) is 33.3 Å². The van der Waals surface area contributed by atoms with Crippen LogP contribution in [-0.2, 0) is 51.1 Å². The second-order valence-corrected chi connectivity index (χ2v) is 15.0.